The van der Waals surface area contributed by atoms with Gasteiger partial charge in [0.2, 0.25) is 5.91 Å². The van der Waals surface area contributed by atoms with E-state index >= 15 is 0 Å². The number of aliphatic carboxylic acids is 1. The summed E-state index contributed by atoms with van der Waals surface area (Å²) in [5.74, 6) is -2.74. The lowest BCUT2D eigenvalue weighted by Gasteiger charge is -2.20. The van der Waals surface area contributed by atoms with Gasteiger partial charge in [-0.25, -0.2) is 0 Å². The molecule has 82 valence electrons. The number of carbonyl (C=O) groups excluding carboxylic acids is 1. The number of carboxylic acid groups (broad SMARTS) is 1. The maximum atomic E-state index is 11.3. The molecule has 1 amide bonds. The second kappa shape index (κ2) is 5.59. The minimum absolute atomic E-state index is 0.0740. The van der Waals surface area contributed by atoms with E-state index in [1.807, 2.05) is 13.8 Å². The summed E-state index contributed by atoms with van der Waals surface area (Å²) in [6.45, 7) is 4.81. The molecule has 0 aromatic rings. The molecule has 0 saturated heterocycles. The van der Waals surface area contributed by atoms with Crippen molar-refractivity contribution in [3.8, 4) is 0 Å². The van der Waals surface area contributed by atoms with Crippen LogP contribution in [0.5, 0.6) is 0 Å². The van der Waals surface area contributed by atoms with Gasteiger partial charge in [0, 0.05) is 0 Å². The third kappa shape index (κ3) is 3.74. The number of amides is 1. The predicted molar refractivity (Wildman–Crippen MR) is 50.7 cm³/mol. The first kappa shape index (κ1) is 12.9. The van der Waals surface area contributed by atoms with E-state index in [1.165, 1.54) is 6.92 Å². The molecular weight excluding hydrogens is 186 g/mol. The molecule has 2 atom stereocenters. The van der Waals surface area contributed by atoms with Crippen molar-refractivity contribution < 1.29 is 19.8 Å². The highest BCUT2D eigenvalue weighted by Crippen LogP contribution is 2.03. The molecule has 0 aromatic carbocycles. The molecule has 1 unspecified atom stereocenters. The van der Waals surface area contributed by atoms with Crippen LogP contribution in [0.25, 0.3) is 0 Å². The van der Waals surface area contributed by atoms with Gasteiger partial charge < -0.3 is 15.5 Å². The minimum Gasteiger partial charge on any atom is -0.481 e. The van der Waals surface area contributed by atoms with Gasteiger partial charge in [-0.2, -0.15) is 0 Å². The summed E-state index contributed by atoms with van der Waals surface area (Å²) in [6.07, 6.45) is 0. The summed E-state index contributed by atoms with van der Waals surface area (Å²) in [6, 6.07) is -0.385. The van der Waals surface area contributed by atoms with Crippen LogP contribution in [0.4, 0.5) is 0 Å². The highest BCUT2D eigenvalue weighted by molar-refractivity contribution is 5.96. The van der Waals surface area contributed by atoms with Crippen LogP contribution in [0.15, 0.2) is 0 Å². The number of rotatable bonds is 5. The Labute approximate surface area is 83.1 Å². The molecule has 14 heavy (non-hydrogen) atoms. The van der Waals surface area contributed by atoms with E-state index in [2.05, 4.69) is 5.32 Å². The van der Waals surface area contributed by atoms with Crippen LogP contribution in [0, 0.1) is 11.8 Å². The molecule has 3 N–H and O–H groups in total. The van der Waals surface area contributed by atoms with Crippen molar-refractivity contribution >= 4 is 11.9 Å². The predicted octanol–water partition coefficient (Wildman–Crippen LogP) is -0.160. The van der Waals surface area contributed by atoms with E-state index in [1.54, 1.807) is 0 Å². The lowest BCUT2D eigenvalue weighted by Crippen LogP contribution is -2.45. The van der Waals surface area contributed by atoms with Crippen LogP contribution in [0.1, 0.15) is 20.8 Å². The van der Waals surface area contributed by atoms with Crippen LogP contribution in [-0.4, -0.2) is 34.7 Å². The molecule has 0 rings (SSSR count). The summed E-state index contributed by atoms with van der Waals surface area (Å²) in [7, 11) is 0. The Balaban J connectivity index is 4.22. The standard InChI is InChI=1S/C9H17NO4/c1-5(2)7(4-11)10-8(12)6(3)9(13)14/h5-7,11H,4H2,1-3H3,(H,10,12)(H,13,14)/t6?,7-/m1/s1. The second-order valence-corrected chi connectivity index (χ2v) is 3.60. The van der Waals surface area contributed by atoms with E-state index in [0.717, 1.165) is 0 Å². The van der Waals surface area contributed by atoms with Gasteiger partial charge >= 0.3 is 5.97 Å². The van der Waals surface area contributed by atoms with Gasteiger partial charge in [0.05, 0.1) is 12.6 Å². The Kier molecular flexibility index (Phi) is 5.15. The fourth-order valence-corrected chi connectivity index (χ4v) is 0.843. The van der Waals surface area contributed by atoms with E-state index in [9.17, 15) is 9.59 Å². The quantitative estimate of drug-likeness (QED) is 0.542. The minimum atomic E-state index is -1.16. The zero-order valence-corrected chi connectivity index (χ0v) is 8.65. The van der Waals surface area contributed by atoms with Crippen molar-refractivity contribution in [1.29, 1.82) is 0 Å². The summed E-state index contributed by atoms with van der Waals surface area (Å²) >= 11 is 0. The highest BCUT2D eigenvalue weighted by Gasteiger charge is 2.23. The molecule has 5 nitrogen and oxygen atoms in total. The third-order valence-electron chi connectivity index (χ3n) is 2.09. The lowest BCUT2D eigenvalue weighted by molar-refractivity contribution is -0.146. The van der Waals surface area contributed by atoms with Crippen LogP contribution in [0.3, 0.4) is 0 Å². The van der Waals surface area contributed by atoms with E-state index in [4.69, 9.17) is 10.2 Å². The Morgan fingerprint density at radius 2 is 1.79 bits per heavy atom. The lowest BCUT2D eigenvalue weighted by atomic mass is 10.0. The zero-order chi connectivity index (χ0) is 11.3. The fourth-order valence-electron chi connectivity index (χ4n) is 0.843. The van der Waals surface area contributed by atoms with E-state index in [-0.39, 0.29) is 18.6 Å². The van der Waals surface area contributed by atoms with Gasteiger partial charge in [-0.05, 0) is 12.8 Å². The van der Waals surface area contributed by atoms with Crippen molar-refractivity contribution in [1.82, 2.24) is 5.32 Å². The first-order valence-corrected chi connectivity index (χ1v) is 4.54. The number of hydrogen-bond donors (Lipinski definition) is 3. The van der Waals surface area contributed by atoms with Gasteiger partial charge in [-0.1, -0.05) is 13.8 Å². The van der Waals surface area contributed by atoms with Crippen molar-refractivity contribution in [2.75, 3.05) is 6.61 Å². The molecule has 5 heteroatoms. The summed E-state index contributed by atoms with van der Waals surface area (Å²) in [5.41, 5.74) is 0. The van der Waals surface area contributed by atoms with Gasteiger partial charge in [0.15, 0.2) is 0 Å². The molecule has 0 saturated carbocycles. The molecule has 0 radical (unpaired) electrons. The third-order valence-corrected chi connectivity index (χ3v) is 2.09. The number of aliphatic hydroxyl groups is 1. The van der Waals surface area contributed by atoms with Gasteiger partial charge in [0.25, 0.3) is 0 Å². The van der Waals surface area contributed by atoms with Crippen LogP contribution in [0.2, 0.25) is 0 Å². The van der Waals surface area contributed by atoms with Crippen LogP contribution >= 0.6 is 0 Å². The Morgan fingerprint density at radius 3 is 2.07 bits per heavy atom. The van der Waals surface area contributed by atoms with Crippen molar-refractivity contribution in [3.63, 3.8) is 0 Å². The fraction of sp³-hybridized carbons (Fsp3) is 0.778. The Morgan fingerprint density at radius 1 is 1.29 bits per heavy atom. The van der Waals surface area contributed by atoms with E-state index < -0.39 is 17.8 Å². The molecule has 0 aliphatic rings. The van der Waals surface area contributed by atoms with Crippen LogP contribution < -0.4 is 5.32 Å². The number of nitrogens with one attached hydrogen (secondary N) is 1. The normalized spacial score (nSPS) is 14.9. The Hall–Kier alpha value is -1.10. The maximum absolute atomic E-state index is 11.3. The first-order chi connectivity index (χ1) is 6.40. The van der Waals surface area contributed by atoms with E-state index in [0.29, 0.717) is 0 Å². The molecular formula is C9H17NO4. The maximum Gasteiger partial charge on any atom is 0.315 e. The van der Waals surface area contributed by atoms with Crippen molar-refractivity contribution in [2.45, 2.75) is 26.8 Å². The zero-order valence-electron chi connectivity index (χ0n) is 8.65. The summed E-state index contributed by atoms with van der Waals surface area (Å²) < 4.78 is 0. The molecule has 0 aliphatic heterocycles. The molecule has 0 spiro atoms. The van der Waals surface area contributed by atoms with Crippen molar-refractivity contribution in [3.05, 3.63) is 0 Å². The van der Waals surface area contributed by atoms with Crippen LogP contribution in [-0.2, 0) is 9.59 Å². The molecule has 0 fully saturated rings. The molecule has 0 aliphatic carbocycles. The van der Waals surface area contributed by atoms with Crippen molar-refractivity contribution in [2.24, 2.45) is 11.8 Å². The Bertz CT molecular complexity index is 215. The van der Waals surface area contributed by atoms with Gasteiger partial charge in [0.1, 0.15) is 5.92 Å². The number of aliphatic hydroxyl groups excluding tert-OH is 1. The first-order valence-electron chi connectivity index (χ1n) is 4.54. The average Bonchev–Trinajstić information content (AvgIpc) is 2.11. The second-order valence-electron chi connectivity index (χ2n) is 3.60. The summed E-state index contributed by atoms with van der Waals surface area (Å²) in [4.78, 5) is 21.7. The largest absolute Gasteiger partial charge is 0.481 e. The smallest absolute Gasteiger partial charge is 0.315 e. The molecule has 0 bridgehead atoms. The SMILES string of the molecule is CC(C(=O)O)C(=O)N[C@H](CO)C(C)C. The van der Waals surface area contributed by atoms with Gasteiger partial charge in [-0.3, -0.25) is 9.59 Å². The number of hydrogen-bond acceptors (Lipinski definition) is 3. The summed E-state index contributed by atoms with van der Waals surface area (Å²) in [5, 5.41) is 19.9. The molecule has 0 heterocycles. The number of carbonyl (C=O) groups is 2. The topological polar surface area (TPSA) is 86.6 Å². The van der Waals surface area contributed by atoms with Gasteiger partial charge in [-0.15, -0.1) is 0 Å². The average molecular weight is 203 g/mol. The highest BCUT2D eigenvalue weighted by atomic mass is 16.4. The number of carboxylic acids is 1. The molecule has 0 aromatic heterocycles. The monoisotopic (exact) mass is 203 g/mol.